The fourth-order valence-electron chi connectivity index (χ4n) is 2.59. The zero-order chi connectivity index (χ0) is 14.6. The maximum atomic E-state index is 9.89. The van der Waals surface area contributed by atoms with Crippen molar-refractivity contribution in [2.75, 3.05) is 27.7 Å². The molecule has 1 atom stereocenters. The minimum Gasteiger partial charge on any atom is -0.387 e. The number of rotatable bonds is 13. The molecule has 0 saturated carbocycles. The van der Waals surface area contributed by atoms with Crippen molar-refractivity contribution in [3.05, 3.63) is 0 Å². The van der Waals surface area contributed by atoms with Crippen molar-refractivity contribution < 1.29 is 9.59 Å². The van der Waals surface area contributed by atoms with Crippen LogP contribution in [-0.2, 0) is 0 Å². The number of nitrogens with zero attached hydrogens (tertiary/aromatic N) is 1. The smallest absolute Gasteiger partial charge is 0.104 e. The number of aliphatic hydroxyl groups is 1. The summed E-state index contributed by atoms with van der Waals surface area (Å²) in [5, 5.41) is 9.89. The Labute approximate surface area is 121 Å². The van der Waals surface area contributed by atoms with Crippen molar-refractivity contribution >= 4 is 0 Å². The molecular formula is C17H38NO+. The Morgan fingerprint density at radius 3 is 1.58 bits per heavy atom. The van der Waals surface area contributed by atoms with Crippen molar-refractivity contribution in [3.63, 3.8) is 0 Å². The molecule has 0 saturated heterocycles. The molecule has 0 fully saturated rings. The molecule has 19 heavy (non-hydrogen) atoms. The number of hydrogen-bond donors (Lipinski definition) is 1. The Balaban J connectivity index is 3.18. The molecule has 0 heterocycles. The highest BCUT2D eigenvalue weighted by atomic mass is 16.3. The second-order valence-corrected chi connectivity index (χ2v) is 7.10. The van der Waals surface area contributed by atoms with Crippen LogP contribution in [0.3, 0.4) is 0 Å². The zero-order valence-corrected chi connectivity index (χ0v) is 14.0. The molecule has 0 bridgehead atoms. The Morgan fingerprint density at radius 1 is 0.737 bits per heavy atom. The first-order valence-corrected chi connectivity index (χ1v) is 8.44. The number of quaternary nitrogens is 1. The van der Waals surface area contributed by atoms with E-state index in [9.17, 15) is 5.11 Å². The summed E-state index contributed by atoms with van der Waals surface area (Å²) >= 11 is 0. The lowest BCUT2D eigenvalue weighted by Gasteiger charge is -2.26. The van der Waals surface area contributed by atoms with Crippen LogP contribution in [0.25, 0.3) is 0 Å². The zero-order valence-electron chi connectivity index (χ0n) is 14.0. The number of hydrogen-bond acceptors (Lipinski definition) is 1. The van der Waals surface area contributed by atoms with E-state index in [-0.39, 0.29) is 6.10 Å². The highest BCUT2D eigenvalue weighted by Gasteiger charge is 2.14. The van der Waals surface area contributed by atoms with E-state index < -0.39 is 0 Å². The molecule has 0 spiro atoms. The normalized spacial score (nSPS) is 13.7. The van der Waals surface area contributed by atoms with Gasteiger partial charge in [0.05, 0.1) is 21.1 Å². The molecule has 0 aliphatic heterocycles. The summed E-state index contributed by atoms with van der Waals surface area (Å²) in [4.78, 5) is 0. The van der Waals surface area contributed by atoms with E-state index in [2.05, 4.69) is 28.1 Å². The van der Waals surface area contributed by atoms with E-state index in [4.69, 9.17) is 0 Å². The average molecular weight is 272 g/mol. The summed E-state index contributed by atoms with van der Waals surface area (Å²) in [5.41, 5.74) is 0. The van der Waals surface area contributed by atoms with Gasteiger partial charge in [0.25, 0.3) is 0 Å². The van der Waals surface area contributed by atoms with Gasteiger partial charge in [0.1, 0.15) is 12.6 Å². The van der Waals surface area contributed by atoms with Crippen LogP contribution in [0.5, 0.6) is 0 Å². The van der Waals surface area contributed by atoms with E-state index in [0.717, 1.165) is 17.4 Å². The lowest BCUT2D eigenvalue weighted by molar-refractivity contribution is -0.873. The maximum Gasteiger partial charge on any atom is 0.104 e. The van der Waals surface area contributed by atoms with Gasteiger partial charge in [-0.05, 0) is 6.42 Å². The van der Waals surface area contributed by atoms with Gasteiger partial charge in [0, 0.05) is 0 Å². The van der Waals surface area contributed by atoms with E-state index in [1.54, 1.807) is 0 Å². The summed E-state index contributed by atoms with van der Waals surface area (Å²) in [6, 6.07) is 0. The molecule has 0 amide bonds. The largest absolute Gasteiger partial charge is 0.387 e. The van der Waals surface area contributed by atoms with Gasteiger partial charge < -0.3 is 9.59 Å². The molecule has 0 aromatic carbocycles. The van der Waals surface area contributed by atoms with Gasteiger partial charge in [-0.1, -0.05) is 71.1 Å². The predicted octanol–water partition coefficient (Wildman–Crippen LogP) is 4.36. The summed E-state index contributed by atoms with van der Waals surface area (Å²) in [7, 11) is 6.42. The number of aliphatic hydroxyl groups excluding tert-OH is 1. The summed E-state index contributed by atoms with van der Waals surface area (Å²) < 4.78 is 0.860. The third-order valence-electron chi connectivity index (χ3n) is 3.65. The average Bonchev–Trinajstić information content (AvgIpc) is 2.29. The van der Waals surface area contributed by atoms with Crippen LogP contribution in [0.2, 0.25) is 0 Å². The molecule has 1 N–H and O–H groups in total. The van der Waals surface area contributed by atoms with Crippen LogP contribution < -0.4 is 0 Å². The van der Waals surface area contributed by atoms with Crippen molar-refractivity contribution in [2.45, 2.75) is 83.7 Å². The molecule has 0 aliphatic carbocycles. The van der Waals surface area contributed by atoms with Gasteiger partial charge in [0.15, 0.2) is 0 Å². The lowest BCUT2D eigenvalue weighted by Crippen LogP contribution is -2.41. The van der Waals surface area contributed by atoms with Crippen LogP contribution in [0.4, 0.5) is 0 Å². The Bertz CT molecular complexity index is 186. The molecule has 0 aromatic heterocycles. The molecule has 1 unspecified atom stereocenters. The van der Waals surface area contributed by atoms with Crippen LogP contribution in [0.1, 0.15) is 77.6 Å². The second-order valence-electron chi connectivity index (χ2n) is 7.10. The Morgan fingerprint density at radius 2 is 1.16 bits per heavy atom. The number of unbranched alkanes of at least 4 members (excludes halogenated alkanes) is 9. The first-order valence-electron chi connectivity index (χ1n) is 8.44. The van der Waals surface area contributed by atoms with Gasteiger partial charge >= 0.3 is 0 Å². The molecule has 2 heteroatoms. The Hall–Kier alpha value is -0.0800. The van der Waals surface area contributed by atoms with Gasteiger partial charge in [-0.3, -0.25) is 0 Å². The van der Waals surface area contributed by atoms with Crippen LogP contribution >= 0.6 is 0 Å². The van der Waals surface area contributed by atoms with E-state index in [0.29, 0.717) is 0 Å². The second kappa shape index (κ2) is 11.7. The van der Waals surface area contributed by atoms with E-state index in [1.807, 2.05) is 0 Å². The molecule has 0 rings (SSSR count). The predicted molar refractivity (Wildman–Crippen MR) is 85.4 cm³/mol. The van der Waals surface area contributed by atoms with Crippen molar-refractivity contribution in [2.24, 2.45) is 0 Å². The molecule has 0 aliphatic rings. The van der Waals surface area contributed by atoms with Crippen LogP contribution in [0.15, 0.2) is 0 Å². The molecule has 0 aromatic rings. The van der Waals surface area contributed by atoms with Crippen molar-refractivity contribution in [3.8, 4) is 0 Å². The minimum absolute atomic E-state index is 0.117. The standard InChI is InChI=1S/C17H38NO/c1-5-6-7-8-9-10-11-12-13-14-15-17(19)16-18(2,3)4/h17,19H,5-16H2,1-4H3/q+1. The maximum absolute atomic E-state index is 9.89. The SMILES string of the molecule is CCCCCCCCCCCCC(O)C[N+](C)(C)C. The topological polar surface area (TPSA) is 20.2 Å². The molecule has 0 radical (unpaired) electrons. The molecule has 116 valence electrons. The summed E-state index contributed by atoms with van der Waals surface area (Å²) in [6.45, 7) is 3.14. The third-order valence-corrected chi connectivity index (χ3v) is 3.65. The van der Waals surface area contributed by atoms with E-state index in [1.165, 1.54) is 64.2 Å². The first kappa shape index (κ1) is 18.9. The summed E-state index contributed by atoms with van der Waals surface area (Å²) in [6.07, 6.45) is 14.5. The molecule has 2 nitrogen and oxygen atoms in total. The highest BCUT2D eigenvalue weighted by Crippen LogP contribution is 2.12. The van der Waals surface area contributed by atoms with Gasteiger partial charge in [-0.25, -0.2) is 0 Å². The monoisotopic (exact) mass is 272 g/mol. The fourth-order valence-corrected chi connectivity index (χ4v) is 2.59. The van der Waals surface area contributed by atoms with E-state index >= 15 is 0 Å². The third kappa shape index (κ3) is 15.9. The number of likely N-dealkylation sites (N-methyl/N-ethyl adjacent to an activating group) is 1. The summed E-state index contributed by atoms with van der Waals surface area (Å²) in [5.74, 6) is 0. The van der Waals surface area contributed by atoms with Gasteiger partial charge in [-0.15, -0.1) is 0 Å². The van der Waals surface area contributed by atoms with Crippen molar-refractivity contribution in [1.82, 2.24) is 0 Å². The lowest BCUT2D eigenvalue weighted by atomic mass is 10.0. The van der Waals surface area contributed by atoms with Crippen LogP contribution in [0, 0.1) is 0 Å². The van der Waals surface area contributed by atoms with Crippen molar-refractivity contribution in [1.29, 1.82) is 0 Å². The first-order chi connectivity index (χ1) is 8.95. The minimum atomic E-state index is -0.117. The van der Waals surface area contributed by atoms with Gasteiger partial charge in [-0.2, -0.15) is 0 Å². The molecular weight excluding hydrogens is 234 g/mol. The quantitative estimate of drug-likeness (QED) is 0.390. The highest BCUT2D eigenvalue weighted by molar-refractivity contribution is 4.55. The fraction of sp³-hybridized carbons (Fsp3) is 1.00. The van der Waals surface area contributed by atoms with Gasteiger partial charge in [0.2, 0.25) is 0 Å². The Kier molecular flexibility index (Phi) is 11.7. The van der Waals surface area contributed by atoms with Crippen LogP contribution in [-0.4, -0.2) is 43.4 Å².